The van der Waals surface area contributed by atoms with E-state index in [4.69, 9.17) is 9.84 Å². The highest BCUT2D eigenvalue weighted by Gasteiger charge is 2.05. The average molecular weight is 256 g/mol. The highest BCUT2D eigenvalue weighted by molar-refractivity contribution is 7.16. The lowest BCUT2D eigenvalue weighted by Gasteiger charge is -2.00. The second kappa shape index (κ2) is 6.77. The maximum Gasteiger partial charge on any atom is 0.328 e. The zero-order valence-electron chi connectivity index (χ0n) is 9.17. The molecule has 17 heavy (non-hydrogen) atoms. The van der Waals surface area contributed by atoms with E-state index in [1.165, 1.54) is 23.6 Å². The van der Waals surface area contributed by atoms with Crippen LogP contribution in [0.15, 0.2) is 12.3 Å². The molecule has 0 radical (unpaired) electrons. The third kappa shape index (κ3) is 5.23. The molecule has 0 aliphatic rings. The molecule has 6 nitrogen and oxygen atoms in total. The molecule has 2 N–H and O–H groups in total. The number of amides is 1. The van der Waals surface area contributed by atoms with Crippen molar-refractivity contribution in [3.8, 4) is 0 Å². The minimum atomic E-state index is -1.03. The molecule has 0 fully saturated rings. The summed E-state index contributed by atoms with van der Waals surface area (Å²) in [4.78, 5) is 26.1. The number of carbonyl (C=O) groups excluding carboxylic acids is 1. The number of aliphatic carboxylic acids is 1. The Labute approximate surface area is 102 Å². The minimum Gasteiger partial charge on any atom is -0.478 e. The van der Waals surface area contributed by atoms with Crippen molar-refractivity contribution in [3.63, 3.8) is 0 Å². The fourth-order valence-electron chi connectivity index (χ4n) is 0.925. The maximum atomic E-state index is 11.3. The number of carboxylic acid groups (broad SMARTS) is 1. The predicted molar refractivity (Wildman–Crippen MR) is 63.9 cm³/mol. The number of carbonyl (C=O) groups is 2. The number of carboxylic acids is 1. The maximum absolute atomic E-state index is 11.3. The summed E-state index contributed by atoms with van der Waals surface area (Å²) in [5.41, 5.74) is 0. The molecule has 0 aliphatic carbocycles. The number of rotatable bonds is 6. The number of anilines is 1. The molecular formula is C10H12N2O4S. The number of hydrogen-bond acceptors (Lipinski definition) is 5. The number of ether oxygens (including phenoxy) is 1. The van der Waals surface area contributed by atoms with E-state index in [0.717, 1.165) is 6.08 Å². The second-order valence-electron chi connectivity index (χ2n) is 2.92. The van der Waals surface area contributed by atoms with Crippen LogP contribution in [0.1, 0.15) is 11.8 Å². The van der Waals surface area contributed by atoms with Crippen molar-refractivity contribution >= 4 is 34.4 Å². The van der Waals surface area contributed by atoms with E-state index in [0.29, 0.717) is 16.6 Å². The van der Waals surface area contributed by atoms with Gasteiger partial charge in [0.25, 0.3) is 5.91 Å². The number of nitrogens with zero attached hydrogens (tertiary/aromatic N) is 1. The first-order chi connectivity index (χ1) is 8.11. The largest absolute Gasteiger partial charge is 0.478 e. The van der Waals surface area contributed by atoms with Crippen LogP contribution >= 0.6 is 11.3 Å². The normalized spacial score (nSPS) is 10.6. The Bertz CT molecular complexity index is 428. The van der Waals surface area contributed by atoms with Crippen LogP contribution in [-0.2, 0) is 14.3 Å². The zero-order chi connectivity index (χ0) is 12.7. The van der Waals surface area contributed by atoms with Gasteiger partial charge in [-0.15, -0.1) is 0 Å². The fourth-order valence-corrected chi connectivity index (χ4v) is 1.66. The molecule has 1 amide bonds. The van der Waals surface area contributed by atoms with Crippen LogP contribution in [0.5, 0.6) is 0 Å². The monoisotopic (exact) mass is 256 g/mol. The van der Waals surface area contributed by atoms with E-state index < -0.39 is 5.97 Å². The van der Waals surface area contributed by atoms with Crippen LogP contribution in [-0.4, -0.2) is 35.2 Å². The Morgan fingerprint density at radius 3 is 3.06 bits per heavy atom. The van der Waals surface area contributed by atoms with Gasteiger partial charge in [0.2, 0.25) is 0 Å². The first-order valence-corrected chi connectivity index (χ1v) is 5.68. The van der Waals surface area contributed by atoms with Gasteiger partial charge in [0.1, 0.15) is 6.61 Å². The van der Waals surface area contributed by atoms with E-state index in [2.05, 4.69) is 10.3 Å². The van der Waals surface area contributed by atoms with Crippen LogP contribution in [0.4, 0.5) is 5.13 Å². The number of aromatic nitrogens is 1. The van der Waals surface area contributed by atoms with Gasteiger partial charge in [-0.3, -0.25) is 10.1 Å². The van der Waals surface area contributed by atoms with Crippen molar-refractivity contribution in [2.75, 3.05) is 18.5 Å². The van der Waals surface area contributed by atoms with Gasteiger partial charge in [0.15, 0.2) is 5.13 Å². The first-order valence-electron chi connectivity index (χ1n) is 4.86. The molecule has 0 saturated heterocycles. The van der Waals surface area contributed by atoms with Gasteiger partial charge in [0, 0.05) is 23.8 Å². The quantitative estimate of drug-likeness (QED) is 0.747. The van der Waals surface area contributed by atoms with E-state index in [1.54, 1.807) is 6.92 Å². The Balaban J connectivity index is 2.51. The lowest BCUT2D eigenvalue weighted by molar-refractivity contribution is -0.131. The lowest BCUT2D eigenvalue weighted by atomic mass is 10.4. The third-order valence-electron chi connectivity index (χ3n) is 1.60. The van der Waals surface area contributed by atoms with Crippen LogP contribution in [0, 0.1) is 0 Å². The van der Waals surface area contributed by atoms with Crippen LogP contribution in [0.3, 0.4) is 0 Å². The molecule has 92 valence electrons. The molecule has 0 spiro atoms. The zero-order valence-corrected chi connectivity index (χ0v) is 9.99. The Morgan fingerprint density at radius 2 is 2.41 bits per heavy atom. The topological polar surface area (TPSA) is 88.5 Å². The third-order valence-corrected chi connectivity index (χ3v) is 2.48. The molecule has 0 unspecified atom stereocenters. The van der Waals surface area contributed by atoms with Crippen LogP contribution in [0.2, 0.25) is 0 Å². The average Bonchev–Trinajstić information content (AvgIpc) is 2.71. The van der Waals surface area contributed by atoms with E-state index in [-0.39, 0.29) is 12.5 Å². The Morgan fingerprint density at radius 1 is 1.65 bits per heavy atom. The standard InChI is InChI=1S/C10H12N2O4S/c1-2-16-6-8(13)12-10-11-5-7(17-10)3-4-9(14)15/h3-5H,2,6H2,1H3,(H,14,15)(H,11,12,13). The van der Waals surface area contributed by atoms with Crippen molar-refractivity contribution in [2.45, 2.75) is 6.92 Å². The SMILES string of the molecule is CCOCC(=O)Nc1ncc(C=CC(=O)O)s1. The Hall–Kier alpha value is -1.73. The molecule has 1 heterocycles. The Kier molecular flexibility index (Phi) is 5.31. The van der Waals surface area contributed by atoms with Gasteiger partial charge >= 0.3 is 5.97 Å². The van der Waals surface area contributed by atoms with E-state index in [1.807, 2.05) is 0 Å². The summed E-state index contributed by atoms with van der Waals surface area (Å²) in [7, 11) is 0. The summed E-state index contributed by atoms with van der Waals surface area (Å²) < 4.78 is 4.93. The highest BCUT2D eigenvalue weighted by Crippen LogP contribution is 2.19. The summed E-state index contributed by atoms with van der Waals surface area (Å²) in [6.07, 6.45) is 3.91. The van der Waals surface area contributed by atoms with Gasteiger partial charge in [0.05, 0.1) is 0 Å². The van der Waals surface area contributed by atoms with Crippen molar-refractivity contribution < 1.29 is 19.4 Å². The summed E-state index contributed by atoms with van der Waals surface area (Å²) in [5, 5.41) is 11.4. The van der Waals surface area contributed by atoms with Gasteiger partial charge in [-0.25, -0.2) is 9.78 Å². The van der Waals surface area contributed by atoms with Crippen molar-refractivity contribution in [2.24, 2.45) is 0 Å². The van der Waals surface area contributed by atoms with Gasteiger partial charge in [-0.2, -0.15) is 0 Å². The van der Waals surface area contributed by atoms with E-state index >= 15 is 0 Å². The lowest BCUT2D eigenvalue weighted by Crippen LogP contribution is -2.17. The summed E-state index contributed by atoms with van der Waals surface area (Å²) in [5.74, 6) is -1.31. The molecule has 1 rings (SSSR count). The predicted octanol–water partition coefficient (Wildman–Crippen LogP) is 1.22. The number of nitrogens with one attached hydrogen (secondary N) is 1. The molecule has 1 aromatic rings. The molecule has 0 aromatic carbocycles. The molecule has 1 aromatic heterocycles. The smallest absolute Gasteiger partial charge is 0.328 e. The molecular weight excluding hydrogens is 244 g/mol. The van der Waals surface area contributed by atoms with Crippen molar-refractivity contribution in [3.05, 3.63) is 17.2 Å². The second-order valence-corrected chi connectivity index (χ2v) is 3.99. The molecule has 0 saturated carbocycles. The van der Waals surface area contributed by atoms with Crippen molar-refractivity contribution in [1.29, 1.82) is 0 Å². The summed E-state index contributed by atoms with van der Waals surface area (Å²) in [6, 6.07) is 0. The van der Waals surface area contributed by atoms with Gasteiger partial charge in [-0.1, -0.05) is 11.3 Å². The summed E-state index contributed by atoms with van der Waals surface area (Å²) in [6.45, 7) is 2.25. The van der Waals surface area contributed by atoms with Crippen molar-refractivity contribution in [1.82, 2.24) is 4.98 Å². The van der Waals surface area contributed by atoms with Crippen LogP contribution in [0.25, 0.3) is 6.08 Å². The first kappa shape index (κ1) is 13.3. The molecule has 0 aliphatic heterocycles. The number of hydrogen-bond donors (Lipinski definition) is 2. The fraction of sp³-hybridized carbons (Fsp3) is 0.300. The van der Waals surface area contributed by atoms with Gasteiger partial charge < -0.3 is 9.84 Å². The van der Waals surface area contributed by atoms with Gasteiger partial charge in [-0.05, 0) is 13.0 Å². The molecule has 7 heteroatoms. The minimum absolute atomic E-state index is 0.0175. The summed E-state index contributed by atoms with van der Waals surface area (Å²) >= 11 is 1.19. The molecule has 0 atom stereocenters. The van der Waals surface area contributed by atoms with E-state index in [9.17, 15) is 9.59 Å². The molecule has 0 bridgehead atoms. The van der Waals surface area contributed by atoms with Crippen LogP contribution < -0.4 is 5.32 Å². The number of thiazole rings is 1. The highest BCUT2D eigenvalue weighted by atomic mass is 32.1.